The number of fused-ring (bicyclic) bond motifs is 1. The second-order valence-electron chi connectivity index (χ2n) is 3.97. The summed E-state index contributed by atoms with van der Waals surface area (Å²) in [5.74, 6) is 0.117. The highest BCUT2D eigenvalue weighted by atomic mass is 16.2. The van der Waals surface area contributed by atoms with Gasteiger partial charge in [0.05, 0.1) is 11.4 Å². The van der Waals surface area contributed by atoms with Crippen molar-refractivity contribution in [3.05, 3.63) is 23.8 Å². The zero-order valence-electron chi connectivity index (χ0n) is 9.37. The Balaban J connectivity index is 2.45. The fourth-order valence-electron chi connectivity index (χ4n) is 1.92. The Morgan fingerprint density at radius 2 is 2.20 bits per heavy atom. The maximum atomic E-state index is 11.7. The molecule has 1 atom stereocenters. The summed E-state index contributed by atoms with van der Waals surface area (Å²) in [5, 5.41) is 3.22. The van der Waals surface area contributed by atoms with Crippen LogP contribution >= 0.6 is 0 Å². The van der Waals surface area contributed by atoms with E-state index in [-0.39, 0.29) is 11.9 Å². The molecule has 0 aliphatic carbocycles. The van der Waals surface area contributed by atoms with E-state index < -0.39 is 0 Å². The van der Waals surface area contributed by atoms with Crippen molar-refractivity contribution in [2.75, 3.05) is 17.3 Å². The van der Waals surface area contributed by atoms with Gasteiger partial charge in [0.2, 0.25) is 5.91 Å². The van der Waals surface area contributed by atoms with Gasteiger partial charge in [0.15, 0.2) is 0 Å². The standard InChI is InChI=1S/C12H16N2O/c1-4-9-5-6-11-10(7-9)13-8(2)12(15)14(11)3/h5-8,13H,4H2,1-3H3. The summed E-state index contributed by atoms with van der Waals surface area (Å²) in [7, 11) is 1.82. The molecule has 0 saturated carbocycles. The van der Waals surface area contributed by atoms with Crippen LogP contribution in [0.25, 0.3) is 0 Å². The van der Waals surface area contributed by atoms with Gasteiger partial charge in [-0.2, -0.15) is 0 Å². The lowest BCUT2D eigenvalue weighted by molar-refractivity contribution is -0.118. The molecule has 1 aliphatic rings. The maximum absolute atomic E-state index is 11.7. The molecule has 0 spiro atoms. The largest absolute Gasteiger partial charge is 0.372 e. The maximum Gasteiger partial charge on any atom is 0.248 e. The van der Waals surface area contributed by atoms with E-state index in [4.69, 9.17) is 0 Å². The molecule has 1 aromatic rings. The van der Waals surface area contributed by atoms with Crippen LogP contribution < -0.4 is 10.2 Å². The number of carbonyl (C=O) groups is 1. The zero-order valence-corrected chi connectivity index (χ0v) is 9.37. The topological polar surface area (TPSA) is 32.3 Å². The van der Waals surface area contributed by atoms with E-state index >= 15 is 0 Å². The molecule has 3 nitrogen and oxygen atoms in total. The van der Waals surface area contributed by atoms with Crippen LogP contribution in [0, 0.1) is 0 Å². The highest BCUT2D eigenvalue weighted by Crippen LogP contribution is 2.31. The number of hydrogen-bond acceptors (Lipinski definition) is 2. The van der Waals surface area contributed by atoms with Crippen LogP contribution in [0.15, 0.2) is 18.2 Å². The van der Waals surface area contributed by atoms with E-state index in [1.54, 1.807) is 4.90 Å². The second-order valence-corrected chi connectivity index (χ2v) is 3.97. The summed E-state index contributed by atoms with van der Waals surface area (Å²) in [6.45, 7) is 4.02. The number of amides is 1. The lowest BCUT2D eigenvalue weighted by atomic mass is 10.1. The molecular formula is C12H16N2O. The van der Waals surface area contributed by atoms with Crippen LogP contribution in [0.4, 0.5) is 11.4 Å². The van der Waals surface area contributed by atoms with Gasteiger partial charge in [-0.1, -0.05) is 13.0 Å². The highest BCUT2D eigenvalue weighted by Gasteiger charge is 2.26. The van der Waals surface area contributed by atoms with Crippen molar-refractivity contribution in [1.82, 2.24) is 0 Å². The Morgan fingerprint density at radius 3 is 2.87 bits per heavy atom. The molecule has 0 fully saturated rings. The Bertz CT molecular complexity index is 401. The lowest BCUT2D eigenvalue weighted by Gasteiger charge is -2.31. The molecule has 1 heterocycles. The van der Waals surface area contributed by atoms with Crippen LogP contribution in [-0.2, 0) is 11.2 Å². The molecular weight excluding hydrogens is 188 g/mol. The number of rotatable bonds is 1. The van der Waals surface area contributed by atoms with Gasteiger partial charge in [-0.3, -0.25) is 4.79 Å². The number of hydrogen-bond donors (Lipinski definition) is 1. The van der Waals surface area contributed by atoms with E-state index in [1.165, 1.54) is 5.56 Å². The van der Waals surface area contributed by atoms with Crippen LogP contribution in [-0.4, -0.2) is 19.0 Å². The fourth-order valence-corrected chi connectivity index (χ4v) is 1.92. The van der Waals surface area contributed by atoms with E-state index in [0.717, 1.165) is 17.8 Å². The van der Waals surface area contributed by atoms with E-state index in [9.17, 15) is 4.79 Å². The molecule has 1 aromatic carbocycles. The third-order valence-electron chi connectivity index (χ3n) is 2.90. The minimum Gasteiger partial charge on any atom is -0.372 e. The SMILES string of the molecule is CCc1ccc2c(c1)NC(C)C(=O)N2C. The number of carbonyl (C=O) groups excluding carboxylic acids is 1. The molecule has 0 aromatic heterocycles. The van der Waals surface area contributed by atoms with Crippen molar-refractivity contribution < 1.29 is 4.79 Å². The average Bonchev–Trinajstić information content (AvgIpc) is 2.25. The van der Waals surface area contributed by atoms with Crippen LogP contribution in [0.5, 0.6) is 0 Å². The quantitative estimate of drug-likeness (QED) is 0.759. The summed E-state index contributed by atoms with van der Waals surface area (Å²) in [6, 6.07) is 6.06. The van der Waals surface area contributed by atoms with Gasteiger partial charge in [-0.05, 0) is 31.0 Å². The van der Waals surface area contributed by atoms with Gasteiger partial charge in [-0.25, -0.2) is 0 Å². The first-order chi connectivity index (χ1) is 7.13. The van der Waals surface area contributed by atoms with E-state index in [1.807, 2.05) is 20.0 Å². The van der Waals surface area contributed by atoms with Gasteiger partial charge < -0.3 is 10.2 Å². The minimum atomic E-state index is -0.130. The van der Waals surface area contributed by atoms with Crippen molar-refractivity contribution in [3.63, 3.8) is 0 Å². The predicted octanol–water partition coefficient (Wildman–Crippen LogP) is 2.03. The molecule has 2 rings (SSSR count). The molecule has 0 radical (unpaired) electrons. The van der Waals surface area contributed by atoms with Crippen molar-refractivity contribution in [3.8, 4) is 0 Å². The number of benzene rings is 1. The molecule has 80 valence electrons. The third-order valence-corrected chi connectivity index (χ3v) is 2.90. The fraction of sp³-hybridized carbons (Fsp3) is 0.417. The van der Waals surface area contributed by atoms with Crippen LogP contribution in [0.2, 0.25) is 0 Å². The van der Waals surface area contributed by atoms with Gasteiger partial charge in [0.1, 0.15) is 6.04 Å². The second kappa shape index (κ2) is 3.57. The van der Waals surface area contributed by atoms with Crippen molar-refractivity contribution in [2.24, 2.45) is 0 Å². The first-order valence-electron chi connectivity index (χ1n) is 5.30. The number of nitrogens with zero attached hydrogens (tertiary/aromatic N) is 1. The summed E-state index contributed by atoms with van der Waals surface area (Å²) in [6.07, 6.45) is 1.01. The van der Waals surface area contributed by atoms with E-state index in [0.29, 0.717) is 0 Å². The van der Waals surface area contributed by atoms with Crippen LogP contribution in [0.1, 0.15) is 19.4 Å². The molecule has 15 heavy (non-hydrogen) atoms. The third kappa shape index (κ3) is 1.58. The van der Waals surface area contributed by atoms with Crippen molar-refractivity contribution in [1.29, 1.82) is 0 Å². The average molecular weight is 204 g/mol. The summed E-state index contributed by atoms with van der Waals surface area (Å²) in [5.41, 5.74) is 3.32. The Morgan fingerprint density at radius 1 is 1.47 bits per heavy atom. The molecule has 0 bridgehead atoms. The molecule has 0 saturated heterocycles. The Labute approximate surface area is 90.1 Å². The molecule has 1 aliphatic heterocycles. The predicted molar refractivity (Wildman–Crippen MR) is 62.3 cm³/mol. The summed E-state index contributed by atoms with van der Waals surface area (Å²) >= 11 is 0. The number of likely N-dealkylation sites (N-methyl/N-ethyl adjacent to an activating group) is 1. The lowest BCUT2D eigenvalue weighted by Crippen LogP contribution is -2.43. The van der Waals surface area contributed by atoms with Crippen LogP contribution in [0.3, 0.4) is 0 Å². The van der Waals surface area contributed by atoms with Gasteiger partial charge in [-0.15, -0.1) is 0 Å². The summed E-state index contributed by atoms with van der Waals surface area (Å²) in [4.78, 5) is 13.4. The van der Waals surface area contributed by atoms with Gasteiger partial charge in [0.25, 0.3) is 0 Å². The smallest absolute Gasteiger partial charge is 0.248 e. The Kier molecular flexibility index (Phi) is 2.39. The zero-order chi connectivity index (χ0) is 11.0. The Hall–Kier alpha value is -1.51. The summed E-state index contributed by atoms with van der Waals surface area (Å²) < 4.78 is 0. The van der Waals surface area contributed by atoms with Crippen molar-refractivity contribution >= 4 is 17.3 Å². The number of nitrogens with one attached hydrogen (secondary N) is 1. The first-order valence-corrected chi connectivity index (χ1v) is 5.30. The number of anilines is 2. The van der Waals surface area contributed by atoms with Gasteiger partial charge in [0, 0.05) is 7.05 Å². The molecule has 1 amide bonds. The van der Waals surface area contributed by atoms with Crippen molar-refractivity contribution in [2.45, 2.75) is 26.3 Å². The number of aryl methyl sites for hydroxylation is 1. The normalized spacial score (nSPS) is 19.8. The first kappa shape index (κ1) is 10.0. The molecule has 1 N–H and O–H groups in total. The van der Waals surface area contributed by atoms with E-state index in [2.05, 4.69) is 24.4 Å². The molecule has 3 heteroatoms. The highest BCUT2D eigenvalue weighted by molar-refractivity contribution is 6.04. The monoisotopic (exact) mass is 204 g/mol. The van der Waals surface area contributed by atoms with Gasteiger partial charge >= 0.3 is 0 Å². The minimum absolute atomic E-state index is 0.117. The molecule has 1 unspecified atom stereocenters.